The number of thioether (sulfide) groups is 2. The van der Waals surface area contributed by atoms with Crippen LogP contribution in [0.4, 0.5) is 0 Å². The molecule has 42 heavy (non-hydrogen) atoms. The van der Waals surface area contributed by atoms with Gasteiger partial charge in [0, 0.05) is 6.54 Å². The molecule has 0 radical (unpaired) electrons. The van der Waals surface area contributed by atoms with Gasteiger partial charge in [0.25, 0.3) is 0 Å². The minimum absolute atomic E-state index is 0.0103. The van der Waals surface area contributed by atoms with Gasteiger partial charge in [0.05, 0.1) is 6.04 Å². The predicted octanol–water partition coefficient (Wildman–Crippen LogP) is 7.01. The lowest BCUT2D eigenvalue weighted by molar-refractivity contribution is -0.0177. The number of benzene rings is 2. The molecule has 1 saturated carbocycles. The van der Waals surface area contributed by atoms with Gasteiger partial charge in [0.15, 0.2) is 23.0 Å². The highest BCUT2D eigenvalue weighted by Gasteiger charge is 2.51. The summed E-state index contributed by atoms with van der Waals surface area (Å²) in [6.45, 7) is 8.04. The van der Waals surface area contributed by atoms with Crippen LogP contribution in [0.15, 0.2) is 24.3 Å². The number of carbonyl (C=O) groups is 1. The van der Waals surface area contributed by atoms with Crippen molar-refractivity contribution in [3.8, 4) is 23.0 Å². The zero-order valence-electron chi connectivity index (χ0n) is 25.0. The monoisotopic (exact) mass is 611 g/mol. The second-order valence-corrected chi connectivity index (χ2v) is 15.7. The Morgan fingerprint density at radius 3 is 2.55 bits per heavy atom. The maximum absolute atomic E-state index is 14.5. The molecule has 7 rings (SSSR count). The maximum Gasteiger partial charge on any atom is 0.342 e. The summed E-state index contributed by atoms with van der Waals surface area (Å²) in [4.78, 5) is 16.9. The highest BCUT2D eigenvalue weighted by molar-refractivity contribution is 8.18. The highest BCUT2D eigenvalue weighted by Crippen LogP contribution is 2.63. The van der Waals surface area contributed by atoms with Gasteiger partial charge in [-0.25, -0.2) is 4.79 Å². The van der Waals surface area contributed by atoms with Crippen molar-refractivity contribution in [2.45, 2.75) is 69.1 Å². The second-order valence-electron chi connectivity index (χ2n) is 12.7. The van der Waals surface area contributed by atoms with Gasteiger partial charge in [-0.1, -0.05) is 33.3 Å². The van der Waals surface area contributed by atoms with Crippen LogP contribution in [0.1, 0.15) is 79.5 Å². The van der Waals surface area contributed by atoms with E-state index in [1.54, 1.807) is 0 Å². The molecular formula is C33H41NO6S2. The lowest BCUT2D eigenvalue weighted by Crippen LogP contribution is -2.45. The molecule has 4 aliphatic heterocycles. The molecule has 0 aromatic heterocycles. The van der Waals surface area contributed by atoms with Crippen molar-refractivity contribution in [3.63, 3.8) is 0 Å². The van der Waals surface area contributed by atoms with Gasteiger partial charge in [0.1, 0.15) is 15.7 Å². The van der Waals surface area contributed by atoms with Crippen LogP contribution in [0.3, 0.4) is 0 Å². The summed E-state index contributed by atoms with van der Waals surface area (Å²) < 4.78 is 29.6. The smallest absolute Gasteiger partial charge is 0.342 e. The largest absolute Gasteiger partial charge is 0.458 e. The summed E-state index contributed by atoms with van der Waals surface area (Å²) in [5.74, 6) is 5.84. The van der Waals surface area contributed by atoms with Crippen molar-refractivity contribution in [3.05, 3.63) is 46.5 Å². The van der Waals surface area contributed by atoms with Gasteiger partial charge in [0.2, 0.25) is 13.6 Å². The quantitative estimate of drug-likeness (QED) is 0.332. The van der Waals surface area contributed by atoms with Gasteiger partial charge < -0.3 is 23.7 Å². The molecule has 2 aromatic carbocycles. The Hall–Kier alpha value is -2.23. The average molecular weight is 612 g/mol. The Balaban J connectivity index is 1.35. The van der Waals surface area contributed by atoms with E-state index in [-0.39, 0.29) is 31.7 Å². The van der Waals surface area contributed by atoms with Gasteiger partial charge >= 0.3 is 5.97 Å². The van der Waals surface area contributed by atoms with Crippen LogP contribution in [-0.4, -0.2) is 55.7 Å². The number of ether oxygens (including phenoxy) is 5. The number of rotatable bonds is 5. The van der Waals surface area contributed by atoms with Crippen molar-refractivity contribution in [1.29, 1.82) is 0 Å². The van der Waals surface area contributed by atoms with Gasteiger partial charge in [-0.05, 0) is 96.9 Å². The van der Waals surface area contributed by atoms with E-state index < -0.39 is 4.08 Å². The maximum atomic E-state index is 14.5. The molecule has 0 bridgehead atoms. The molecule has 4 atom stereocenters. The first-order valence-corrected chi connectivity index (χ1v) is 17.4. The molecule has 2 aromatic rings. The Kier molecular flexibility index (Phi) is 7.72. The number of carbonyl (C=O) groups excluding carboxylic acids is 1. The SMILES string of the molecule is CC(C)[C@@H]1CC[C@@H](C)C[C@H]1OC(=O)c1c(C2(C3c4cc5c(cc4CCN3C)OCO5)SCCCS2)ccc2c1OCO2. The van der Waals surface area contributed by atoms with Crippen LogP contribution in [0.5, 0.6) is 23.0 Å². The van der Waals surface area contributed by atoms with E-state index in [1.165, 1.54) is 17.5 Å². The molecule has 0 amide bonds. The fourth-order valence-electron chi connectivity index (χ4n) is 7.55. The Bertz CT molecular complexity index is 1360. The lowest BCUT2D eigenvalue weighted by Gasteiger charge is -2.49. The molecule has 4 heterocycles. The molecule has 1 unspecified atom stereocenters. The lowest BCUT2D eigenvalue weighted by atomic mass is 9.75. The summed E-state index contributed by atoms with van der Waals surface area (Å²) in [5, 5.41) is 0. The van der Waals surface area contributed by atoms with E-state index in [0.717, 1.165) is 60.8 Å². The number of nitrogens with zero attached hydrogens (tertiary/aromatic N) is 1. The van der Waals surface area contributed by atoms with Crippen molar-refractivity contribution in [2.24, 2.45) is 17.8 Å². The molecule has 0 N–H and O–H groups in total. The van der Waals surface area contributed by atoms with Crippen molar-refractivity contribution in [2.75, 3.05) is 38.7 Å². The van der Waals surface area contributed by atoms with E-state index >= 15 is 0 Å². The summed E-state index contributed by atoms with van der Waals surface area (Å²) in [5.41, 5.74) is 4.04. The zero-order valence-corrected chi connectivity index (χ0v) is 26.6. The van der Waals surface area contributed by atoms with E-state index in [1.807, 2.05) is 29.6 Å². The summed E-state index contributed by atoms with van der Waals surface area (Å²) in [6, 6.07) is 8.44. The third-order valence-corrected chi connectivity index (χ3v) is 13.2. The first-order chi connectivity index (χ1) is 20.4. The average Bonchev–Trinajstić information content (AvgIpc) is 3.65. The van der Waals surface area contributed by atoms with Crippen LogP contribution in [0.2, 0.25) is 0 Å². The molecule has 5 aliphatic rings. The molecule has 0 spiro atoms. The molecule has 7 nitrogen and oxygen atoms in total. The van der Waals surface area contributed by atoms with Crippen LogP contribution >= 0.6 is 23.5 Å². The third kappa shape index (κ3) is 4.84. The van der Waals surface area contributed by atoms with Crippen LogP contribution in [0, 0.1) is 17.8 Å². The van der Waals surface area contributed by atoms with Crippen LogP contribution in [0.25, 0.3) is 0 Å². The van der Waals surface area contributed by atoms with Crippen molar-refractivity contribution >= 4 is 29.5 Å². The Morgan fingerprint density at radius 2 is 1.76 bits per heavy atom. The Labute approximate surface area is 257 Å². The summed E-state index contributed by atoms with van der Waals surface area (Å²) >= 11 is 3.89. The highest BCUT2D eigenvalue weighted by atomic mass is 32.2. The first kappa shape index (κ1) is 28.5. The van der Waals surface area contributed by atoms with Crippen LogP contribution in [-0.2, 0) is 15.2 Å². The van der Waals surface area contributed by atoms with E-state index in [2.05, 4.69) is 50.9 Å². The molecule has 226 valence electrons. The second kappa shape index (κ2) is 11.4. The fourth-order valence-corrected chi connectivity index (χ4v) is 11.3. The van der Waals surface area contributed by atoms with E-state index in [0.29, 0.717) is 34.8 Å². The Morgan fingerprint density at radius 1 is 1.02 bits per heavy atom. The standard InChI is InChI=1S/C33H41NO6S2/c1-19(2)22-7-6-20(3)14-26(22)40-32(35)29-24(8-9-25-30(29)39-18-36-25)33(41-12-5-13-42-33)31-23-16-28-27(37-17-38-28)15-21(23)10-11-34(31)4/h8-9,15-16,19-20,22,26,31H,5-7,10-14,17-18H2,1-4H3/t20-,22+,26-,31?/m1/s1. The van der Waals surface area contributed by atoms with Crippen molar-refractivity contribution < 1.29 is 28.5 Å². The van der Waals surface area contributed by atoms with E-state index in [9.17, 15) is 4.79 Å². The third-order valence-electron chi connectivity index (χ3n) is 9.72. The molecular weight excluding hydrogens is 570 g/mol. The molecule has 2 fully saturated rings. The van der Waals surface area contributed by atoms with Gasteiger partial charge in [-0.3, -0.25) is 4.90 Å². The van der Waals surface area contributed by atoms with Crippen LogP contribution < -0.4 is 18.9 Å². The number of hydrogen-bond acceptors (Lipinski definition) is 9. The minimum Gasteiger partial charge on any atom is -0.458 e. The number of hydrogen-bond donors (Lipinski definition) is 0. The number of fused-ring (bicyclic) bond motifs is 3. The van der Waals surface area contributed by atoms with Crippen molar-refractivity contribution in [1.82, 2.24) is 4.90 Å². The van der Waals surface area contributed by atoms with E-state index in [4.69, 9.17) is 23.7 Å². The van der Waals surface area contributed by atoms with Gasteiger partial charge in [-0.2, -0.15) is 0 Å². The zero-order chi connectivity index (χ0) is 29.0. The molecule has 1 aliphatic carbocycles. The topological polar surface area (TPSA) is 66.5 Å². The summed E-state index contributed by atoms with van der Waals surface area (Å²) in [7, 11) is 2.21. The molecule has 9 heteroatoms. The fraction of sp³-hybridized carbons (Fsp3) is 0.606. The molecule has 1 saturated heterocycles. The summed E-state index contributed by atoms with van der Waals surface area (Å²) in [6.07, 6.45) is 5.14. The van der Waals surface area contributed by atoms with Gasteiger partial charge in [-0.15, -0.1) is 23.5 Å². The normalized spacial score (nSPS) is 28.0. The number of esters is 1. The number of likely N-dealkylation sites (N-methyl/N-ethyl adjacent to an activating group) is 1. The minimum atomic E-state index is -0.456. The first-order valence-electron chi connectivity index (χ1n) is 15.4. The predicted molar refractivity (Wildman–Crippen MR) is 166 cm³/mol.